The van der Waals surface area contributed by atoms with Crippen LogP contribution < -0.4 is 5.32 Å². The number of amides is 2. The van der Waals surface area contributed by atoms with Crippen LogP contribution in [0.3, 0.4) is 0 Å². The van der Waals surface area contributed by atoms with E-state index in [1.54, 1.807) is 17.0 Å². The lowest BCUT2D eigenvalue weighted by Crippen LogP contribution is -2.44. The zero-order chi connectivity index (χ0) is 18.8. The minimum absolute atomic E-state index is 0.0503. The van der Waals surface area contributed by atoms with Crippen LogP contribution in [0, 0.1) is 17.2 Å². The first-order valence-corrected chi connectivity index (χ1v) is 9.11. The van der Waals surface area contributed by atoms with Crippen molar-refractivity contribution in [2.75, 3.05) is 6.54 Å². The highest BCUT2D eigenvalue weighted by Crippen LogP contribution is 2.23. The van der Waals surface area contributed by atoms with Crippen LogP contribution in [0.4, 0.5) is 0 Å². The molecule has 1 aromatic heterocycles. The summed E-state index contributed by atoms with van der Waals surface area (Å²) in [5, 5.41) is 22.6. The molecule has 1 aliphatic heterocycles. The van der Waals surface area contributed by atoms with Gasteiger partial charge in [-0.25, -0.2) is 0 Å². The molecule has 2 atom stereocenters. The number of fused-ring (bicyclic) bond motifs is 1. The summed E-state index contributed by atoms with van der Waals surface area (Å²) in [7, 11) is 0. The third-order valence-electron chi connectivity index (χ3n) is 5.31. The van der Waals surface area contributed by atoms with Gasteiger partial charge in [-0.3, -0.25) is 9.59 Å². The van der Waals surface area contributed by atoms with Gasteiger partial charge in [0.25, 0.3) is 0 Å². The van der Waals surface area contributed by atoms with Crippen molar-refractivity contribution in [1.82, 2.24) is 25.6 Å². The van der Waals surface area contributed by atoms with Crippen molar-refractivity contribution in [2.24, 2.45) is 5.92 Å². The van der Waals surface area contributed by atoms with Crippen molar-refractivity contribution in [3.05, 3.63) is 46.8 Å². The molecule has 2 aliphatic rings. The molecule has 2 aromatic rings. The monoisotopic (exact) mass is 364 g/mol. The molecule has 1 saturated heterocycles. The maximum Gasteiger partial charge on any atom is 0.245 e. The van der Waals surface area contributed by atoms with E-state index in [0.717, 1.165) is 29.8 Å². The number of nitrogens with zero attached hydrogens (tertiary/aromatic N) is 4. The fourth-order valence-electron chi connectivity index (χ4n) is 3.73. The fraction of sp³-hybridized carbons (Fsp3) is 0.421. The van der Waals surface area contributed by atoms with Crippen LogP contribution in [-0.4, -0.2) is 44.7 Å². The molecule has 0 bridgehead atoms. The van der Waals surface area contributed by atoms with Crippen LogP contribution >= 0.6 is 0 Å². The Balaban J connectivity index is 1.33. The molecule has 8 heteroatoms. The predicted octanol–water partition coefficient (Wildman–Crippen LogP) is 0.699. The number of carbonyl (C=O) groups is 2. The Hall–Kier alpha value is -3.21. The van der Waals surface area contributed by atoms with Crippen LogP contribution in [0.5, 0.6) is 0 Å². The molecule has 1 aliphatic carbocycles. The highest BCUT2D eigenvalue weighted by atomic mass is 16.2. The summed E-state index contributed by atoms with van der Waals surface area (Å²) in [6, 6.07) is 8.82. The zero-order valence-electron chi connectivity index (χ0n) is 14.8. The van der Waals surface area contributed by atoms with Gasteiger partial charge in [0.05, 0.1) is 23.0 Å². The molecule has 138 valence electrons. The Labute approximate surface area is 156 Å². The molecular weight excluding hydrogens is 344 g/mol. The average Bonchev–Trinajstić information content (AvgIpc) is 3.30. The largest absolute Gasteiger partial charge is 0.344 e. The Morgan fingerprint density at radius 2 is 2.04 bits per heavy atom. The van der Waals surface area contributed by atoms with E-state index in [4.69, 9.17) is 5.26 Å². The van der Waals surface area contributed by atoms with Crippen molar-refractivity contribution >= 4 is 11.8 Å². The SMILES string of the molecule is N#Cc1ccc(CN2CCC(NC(=O)C3CCc4n[nH]nc4C3)C2=O)cc1. The van der Waals surface area contributed by atoms with Gasteiger partial charge in [0.15, 0.2) is 0 Å². The number of likely N-dealkylation sites (tertiary alicyclic amines) is 1. The van der Waals surface area contributed by atoms with Gasteiger partial charge < -0.3 is 10.2 Å². The molecule has 1 aromatic carbocycles. The number of rotatable bonds is 4. The number of hydrogen-bond donors (Lipinski definition) is 2. The van der Waals surface area contributed by atoms with E-state index in [0.29, 0.717) is 31.5 Å². The van der Waals surface area contributed by atoms with Gasteiger partial charge in [0.2, 0.25) is 11.8 Å². The first-order valence-electron chi connectivity index (χ1n) is 9.11. The third-order valence-corrected chi connectivity index (χ3v) is 5.31. The molecule has 4 rings (SSSR count). The first kappa shape index (κ1) is 17.2. The van der Waals surface area contributed by atoms with E-state index in [1.165, 1.54) is 0 Å². The Kier molecular flexibility index (Phi) is 4.59. The number of hydrogen-bond acceptors (Lipinski definition) is 5. The number of aryl methyl sites for hydroxylation is 1. The van der Waals surface area contributed by atoms with Gasteiger partial charge >= 0.3 is 0 Å². The van der Waals surface area contributed by atoms with E-state index >= 15 is 0 Å². The Morgan fingerprint density at radius 3 is 2.81 bits per heavy atom. The lowest BCUT2D eigenvalue weighted by atomic mass is 9.89. The van der Waals surface area contributed by atoms with Crippen molar-refractivity contribution in [3.8, 4) is 6.07 Å². The fourth-order valence-corrected chi connectivity index (χ4v) is 3.73. The number of aromatic nitrogens is 3. The van der Waals surface area contributed by atoms with E-state index in [-0.39, 0.29) is 17.7 Å². The number of H-pyrrole nitrogens is 1. The van der Waals surface area contributed by atoms with Crippen LogP contribution in [-0.2, 0) is 29.0 Å². The highest BCUT2D eigenvalue weighted by Gasteiger charge is 2.35. The number of carbonyl (C=O) groups excluding carboxylic acids is 2. The second-order valence-corrected chi connectivity index (χ2v) is 7.08. The Bertz CT molecular complexity index is 898. The maximum absolute atomic E-state index is 12.6. The van der Waals surface area contributed by atoms with Gasteiger partial charge in [-0.15, -0.1) is 0 Å². The normalized spacial score (nSPS) is 21.6. The molecule has 8 nitrogen and oxygen atoms in total. The minimum Gasteiger partial charge on any atom is -0.344 e. The number of benzene rings is 1. The van der Waals surface area contributed by atoms with Gasteiger partial charge in [-0.2, -0.15) is 20.7 Å². The van der Waals surface area contributed by atoms with Gasteiger partial charge in [0.1, 0.15) is 6.04 Å². The molecule has 27 heavy (non-hydrogen) atoms. The molecule has 2 unspecified atom stereocenters. The van der Waals surface area contributed by atoms with E-state index in [9.17, 15) is 9.59 Å². The molecule has 0 spiro atoms. The highest BCUT2D eigenvalue weighted by molar-refractivity contribution is 5.90. The van der Waals surface area contributed by atoms with Crippen LogP contribution in [0.15, 0.2) is 24.3 Å². The minimum atomic E-state index is -0.463. The lowest BCUT2D eigenvalue weighted by molar-refractivity contribution is -0.134. The smallest absolute Gasteiger partial charge is 0.245 e. The summed E-state index contributed by atoms with van der Waals surface area (Å²) in [4.78, 5) is 27.0. The molecule has 2 N–H and O–H groups in total. The first-order chi connectivity index (χ1) is 13.1. The topological polar surface area (TPSA) is 115 Å². The van der Waals surface area contributed by atoms with Gasteiger partial charge in [-0.05, 0) is 37.0 Å². The standard InChI is InChI=1S/C19H20N6O2/c20-10-12-1-3-13(4-2-12)11-25-8-7-16(19(25)27)21-18(26)14-5-6-15-17(9-14)23-24-22-15/h1-4,14,16H,5-9,11H2,(H,21,26)(H,22,23,24). The summed E-state index contributed by atoms with van der Waals surface area (Å²) >= 11 is 0. The molecule has 2 heterocycles. The average molecular weight is 364 g/mol. The van der Waals surface area contributed by atoms with Crippen molar-refractivity contribution < 1.29 is 9.59 Å². The zero-order valence-corrected chi connectivity index (χ0v) is 14.8. The molecular formula is C19H20N6O2. The van der Waals surface area contributed by atoms with Crippen molar-refractivity contribution in [3.63, 3.8) is 0 Å². The summed E-state index contributed by atoms with van der Waals surface area (Å²) in [6.45, 7) is 1.10. The van der Waals surface area contributed by atoms with Crippen LogP contribution in [0.2, 0.25) is 0 Å². The second kappa shape index (κ2) is 7.19. The molecule has 2 amide bonds. The van der Waals surface area contributed by atoms with E-state index in [1.807, 2.05) is 12.1 Å². The van der Waals surface area contributed by atoms with Crippen LogP contribution in [0.25, 0.3) is 0 Å². The predicted molar refractivity (Wildman–Crippen MR) is 95.0 cm³/mol. The molecule has 1 fully saturated rings. The van der Waals surface area contributed by atoms with Crippen molar-refractivity contribution in [2.45, 2.75) is 38.3 Å². The molecule has 0 radical (unpaired) electrons. The van der Waals surface area contributed by atoms with Gasteiger partial charge in [-0.1, -0.05) is 12.1 Å². The summed E-state index contributed by atoms with van der Waals surface area (Å²) in [5.74, 6) is -0.296. The third kappa shape index (κ3) is 3.53. The summed E-state index contributed by atoms with van der Waals surface area (Å²) in [5.41, 5.74) is 3.35. The van der Waals surface area contributed by atoms with E-state index < -0.39 is 6.04 Å². The summed E-state index contributed by atoms with van der Waals surface area (Å²) < 4.78 is 0. The number of nitriles is 1. The van der Waals surface area contributed by atoms with Crippen LogP contribution in [0.1, 0.15) is 35.4 Å². The van der Waals surface area contributed by atoms with Crippen molar-refractivity contribution in [1.29, 1.82) is 5.26 Å². The second-order valence-electron chi connectivity index (χ2n) is 7.08. The lowest BCUT2D eigenvalue weighted by Gasteiger charge is -2.22. The number of nitrogens with one attached hydrogen (secondary N) is 2. The maximum atomic E-state index is 12.6. The Morgan fingerprint density at radius 1 is 1.26 bits per heavy atom. The van der Waals surface area contributed by atoms with Gasteiger partial charge in [0, 0.05) is 25.4 Å². The molecule has 0 saturated carbocycles. The number of aromatic amines is 1. The quantitative estimate of drug-likeness (QED) is 0.829. The summed E-state index contributed by atoms with van der Waals surface area (Å²) in [6.07, 6.45) is 2.63. The van der Waals surface area contributed by atoms with E-state index in [2.05, 4.69) is 26.8 Å².